The van der Waals surface area contributed by atoms with Gasteiger partial charge in [0.15, 0.2) is 0 Å². The van der Waals surface area contributed by atoms with Crippen LogP contribution < -0.4 is 10.1 Å². The molecule has 1 aromatic rings. The number of nitrogens with zero attached hydrogens (tertiary/aromatic N) is 1. The van der Waals surface area contributed by atoms with Gasteiger partial charge in [0.2, 0.25) is 0 Å². The first-order chi connectivity index (χ1) is 14.8. The van der Waals surface area contributed by atoms with Crippen LogP contribution in [0.25, 0.3) is 0 Å². The lowest BCUT2D eigenvalue weighted by atomic mass is 9.87. The predicted octanol–water partition coefficient (Wildman–Crippen LogP) is 5.49. The molecular formula is C23H35F3N2O3. The molecule has 1 N–H and O–H groups in total. The molecular weight excluding hydrogens is 409 g/mol. The molecule has 1 amide bonds. The maximum absolute atomic E-state index is 12.6. The number of hydrogen-bond acceptors (Lipinski definition) is 4. The fraction of sp³-hybridized carbons (Fsp3) is 0.696. The Kier molecular flexibility index (Phi) is 10.6. The quantitative estimate of drug-likeness (QED) is 0.459. The molecule has 176 valence electrons. The SMILES string of the molecule is CCN(CC)CCCCOC1CCC(CNC(=O)Oc2ccc(C(F)(F)F)cc2)CC1. The van der Waals surface area contributed by atoms with Crippen molar-refractivity contribution in [3.63, 3.8) is 0 Å². The van der Waals surface area contributed by atoms with Crippen molar-refractivity contribution in [2.24, 2.45) is 5.92 Å². The molecule has 8 heteroatoms. The second-order valence-corrected chi connectivity index (χ2v) is 8.04. The number of alkyl halides is 3. The number of benzene rings is 1. The Balaban J connectivity index is 1.57. The number of amides is 1. The number of rotatable bonds is 11. The lowest BCUT2D eigenvalue weighted by Crippen LogP contribution is -2.34. The van der Waals surface area contributed by atoms with Gasteiger partial charge in [-0.3, -0.25) is 0 Å². The van der Waals surface area contributed by atoms with Crippen LogP contribution in [-0.2, 0) is 10.9 Å². The summed E-state index contributed by atoms with van der Waals surface area (Å²) in [5, 5.41) is 2.71. The Morgan fingerprint density at radius 3 is 2.29 bits per heavy atom. The Labute approximate surface area is 183 Å². The molecule has 0 unspecified atom stereocenters. The molecule has 1 aliphatic carbocycles. The zero-order valence-electron chi connectivity index (χ0n) is 18.5. The summed E-state index contributed by atoms with van der Waals surface area (Å²) in [7, 11) is 0. The summed E-state index contributed by atoms with van der Waals surface area (Å²) in [6.45, 7) is 8.96. The summed E-state index contributed by atoms with van der Waals surface area (Å²) in [5.74, 6) is 0.450. The summed E-state index contributed by atoms with van der Waals surface area (Å²) in [5.41, 5.74) is -0.775. The van der Waals surface area contributed by atoms with E-state index >= 15 is 0 Å². The van der Waals surface area contributed by atoms with Gasteiger partial charge < -0.3 is 19.7 Å². The van der Waals surface area contributed by atoms with Crippen LogP contribution in [0.3, 0.4) is 0 Å². The topological polar surface area (TPSA) is 50.8 Å². The van der Waals surface area contributed by atoms with Crippen molar-refractivity contribution in [1.29, 1.82) is 0 Å². The monoisotopic (exact) mass is 444 g/mol. The second kappa shape index (κ2) is 12.9. The van der Waals surface area contributed by atoms with E-state index in [1.807, 2.05) is 0 Å². The van der Waals surface area contributed by atoms with Crippen molar-refractivity contribution in [3.8, 4) is 5.75 Å². The minimum Gasteiger partial charge on any atom is -0.410 e. The van der Waals surface area contributed by atoms with E-state index in [1.165, 1.54) is 0 Å². The first-order valence-corrected chi connectivity index (χ1v) is 11.3. The van der Waals surface area contributed by atoms with Gasteiger partial charge >= 0.3 is 12.3 Å². The summed E-state index contributed by atoms with van der Waals surface area (Å²) in [6, 6.07) is 4.08. The van der Waals surface area contributed by atoms with E-state index in [4.69, 9.17) is 9.47 Å². The van der Waals surface area contributed by atoms with E-state index in [1.54, 1.807) is 0 Å². The Bertz CT molecular complexity index is 640. The van der Waals surface area contributed by atoms with Gasteiger partial charge in [0.1, 0.15) is 5.75 Å². The zero-order valence-corrected chi connectivity index (χ0v) is 18.5. The molecule has 0 heterocycles. The lowest BCUT2D eigenvalue weighted by Gasteiger charge is -2.28. The second-order valence-electron chi connectivity index (χ2n) is 8.04. The van der Waals surface area contributed by atoms with E-state index in [0.717, 1.165) is 89.0 Å². The normalized spacial score (nSPS) is 19.4. The van der Waals surface area contributed by atoms with Crippen LogP contribution in [0.5, 0.6) is 5.75 Å². The maximum atomic E-state index is 12.6. The van der Waals surface area contributed by atoms with Gasteiger partial charge in [-0.25, -0.2) is 4.79 Å². The van der Waals surface area contributed by atoms with Crippen molar-refractivity contribution in [2.75, 3.05) is 32.8 Å². The van der Waals surface area contributed by atoms with Crippen molar-refractivity contribution in [3.05, 3.63) is 29.8 Å². The highest BCUT2D eigenvalue weighted by molar-refractivity contribution is 5.70. The zero-order chi connectivity index (χ0) is 22.7. The Morgan fingerprint density at radius 1 is 1.06 bits per heavy atom. The average Bonchev–Trinajstić information content (AvgIpc) is 2.75. The molecule has 1 aromatic carbocycles. The summed E-state index contributed by atoms with van der Waals surface area (Å²) in [6.07, 6.45) is 1.39. The van der Waals surface area contributed by atoms with Crippen LogP contribution in [0.15, 0.2) is 24.3 Å². The van der Waals surface area contributed by atoms with Crippen LogP contribution in [-0.4, -0.2) is 49.9 Å². The highest BCUT2D eigenvalue weighted by atomic mass is 19.4. The molecule has 0 aromatic heterocycles. The molecule has 0 spiro atoms. The fourth-order valence-corrected chi connectivity index (χ4v) is 3.81. The molecule has 1 saturated carbocycles. The summed E-state index contributed by atoms with van der Waals surface area (Å²) < 4.78 is 48.8. The van der Waals surface area contributed by atoms with Gasteiger partial charge in [-0.15, -0.1) is 0 Å². The summed E-state index contributed by atoms with van der Waals surface area (Å²) in [4.78, 5) is 14.3. The molecule has 2 rings (SSSR count). The van der Waals surface area contributed by atoms with Crippen LogP contribution in [0, 0.1) is 5.92 Å². The van der Waals surface area contributed by atoms with Crippen LogP contribution >= 0.6 is 0 Å². The van der Waals surface area contributed by atoms with Crippen LogP contribution in [0.4, 0.5) is 18.0 Å². The predicted molar refractivity (Wildman–Crippen MR) is 114 cm³/mol. The van der Waals surface area contributed by atoms with Crippen molar-refractivity contribution >= 4 is 6.09 Å². The van der Waals surface area contributed by atoms with Crippen molar-refractivity contribution in [2.45, 2.75) is 64.7 Å². The van der Waals surface area contributed by atoms with E-state index in [-0.39, 0.29) is 5.75 Å². The Hall–Kier alpha value is -1.80. The molecule has 0 aliphatic heterocycles. The Morgan fingerprint density at radius 2 is 1.71 bits per heavy atom. The van der Waals surface area contributed by atoms with E-state index < -0.39 is 17.8 Å². The van der Waals surface area contributed by atoms with Gasteiger partial charge in [0.25, 0.3) is 0 Å². The number of ether oxygens (including phenoxy) is 2. The number of hydrogen-bond donors (Lipinski definition) is 1. The molecule has 1 aliphatic rings. The highest BCUT2D eigenvalue weighted by Crippen LogP contribution is 2.30. The largest absolute Gasteiger partial charge is 0.416 e. The number of carbonyl (C=O) groups is 1. The van der Waals surface area contributed by atoms with Crippen LogP contribution in [0.2, 0.25) is 0 Å². The third kappa shape index (κ3) is 9.47. The first kappa shape index (κ1) is 25.5. The first-order valence-electron chi connectivity index (χ1n) is 11.3. The van der Waals surface area contributed by atoms with Crippen molar-refractivity contribution < 1.29 is 27.4 Å². The van der Waals surface area contributed by atoms with Gasteiger partial charge in [-0.05, 0) is 88.3 Å². The molecule has 0 bridgehead atoms. The third-order valence-electron chi connectivity index (χ3n) is 5.84. The minimum atomic E-state index is -4.41. The lowest BCUT2D eigenvalue weighted by molar-refractivity contribution is -0.137. The number of halogens is 3. The molecule has 5 nitrogen and oxygen atoms in total. The van der Waals surface area contributed by atoms with Gasteiger partial charge in [0.05, 0.1) is 11.7 Å². The summed E-state index contributed by atoms with van der Waals surface area (Å²) >= 11 is 0. The highest BCUT2D eigenvalue weighted by Gasteiger charge is 2.30. The van der Waals surface area contributed by atoms with E-state index in [2.05, 4.69) is 24.1 Å². The molecule has 31 heavy (non-hydrogen) atoms. The van der Waals surface area contributed by atoms with E-state index in [9.17, 15) is 18.0 Å². The third-order valence-corrected chi connectivity index (χ3v) is 5.84. The van der Waals surface area contributed by atoms with Gasteiger partial charge in [-0.2, -0.15) is 13.2 Å². The molecule has 0 saturated heterocycles. The molecule has 1 fully saturated rings. The number of carbonyl (C=O) groups excluding carboxylic acids is 1. The average molecular weight is 445 g/mol. The van der Waals surface area contributed by atoms with Crippen LogP contribution in [0.1, 0.15) is 57.9 Å². The van der Waals surface area contributed by atoms with E-state index in [0.29, 0.717) is 18.6 Å². The smallest absolute Gasteiger partial charge is 0.410 e. The number of nitrogens with one attached hydrogen (secondary N) is 1. The molecule has 0 atom stereocenters. The van der Waals surface area contributed by atoms with Crippen molar-refractivity contribution in [1.82, 2.24) is 10.2 Å². The maximum Gasteiger partial charge on any atom is 0.416 e. The van der Waals surface area contributed by atoms with Gasteiger partial charge in [-0.1, -0.05) is 13.8 Å². The standard InChI is InChI=1S/C23H35F3N2O3/c1-3-28(4-2)15-5-6-16-30-20-11-7-18(8-12-20)17-27-22(29)31-21-13-9-19(10-14-21)23(24,25)26/h9-10,13-14,18,20H,3-8,11-12,15-17H2,1-2H3,(H,27,29). The van der Waals surface area contributed by atoms with Gasteiger partial charge in [0, 0.05) is 13.2 Å². The minimum absolute atomic E-state index is 0.0867. The fourth-order valence-electron chi connectivity index (χ4n) is 3.81. The molecule has 0 radical (unpaired) electrons. The number of unbranched alkanes of at least 4 members (excludes halogenated alkanes) is 1.